The average Bonchev–Trinajstić information content (AvgIpc) is 3.91. The number of fused-ring (bicyclic) bond motifs is 9. The van der Waals surface area contributed by atoms with E-state index in [9.17, 15) is 5.11 Å². The van der Waals surface area contributed by atoms with Crippen LogP contribution in [0.25, 0.3) is 54.6 Å². The fraction of sp³-hybridized carbons (Fsp3) is 0.0877. The van der Waals surface area contributed by atoms with Gasteiger partial charge in [-0.05, 0) is 129 Å². The molecular formula is C57H42Br3KO. The zero-order valence-corrected chi connectivity index (χ0v) is 43.0. The van der Waals surface area contributed by atoms with E-state index in [4.69, 9.17) is 0 Å². The van der Waals surface area contributed by atoms with Crippen LogP contribution in [0.5, 0.6) is 0 Å². The molecule has 0 N–H and O–H groups in total. The molecule has 0 heterocycles. The van der Waals surface area contributed by atoms with Crippen LogP contribution in [0.15, 0.2) is 203 Å². The summed E-state index contributed by atoms with van der Waals surface area (Å²) in [6.07, 6.45) is 0. The molecule has 5 heteroatoms. The Morgan fingerprint density at radius 3 is 1.02 bits per heavy atom. The first-order chi connectivity index (χ1) is 29.6. The summed E-state index contributed by atoms with van der Waals surface area (Å²) in [6, 6.07) is 70.0. The Morgan fingerprint density at radius 2 is 0.661 bits per heavy atom. The van der Waals surface area contributed by atoms with Crippen molar-refractivity contribution in [3.63, 3.8) is 0 Å². The van der Waals surface area contributed by atoms with E-state index in [2.05, 4.69) is 242 Å². The van der Waals surface area contributed by atoms with Crippen molar-refractivity contribution in [2.45, 2.75) is 32.3 Å². The largest absolute Gasteiger partial charge is 1.00 e. The van der Waals surface area contributed by atoms with Gasteiger partial charge in [-0.2, -0.15) is 0 Å². The molecule has 0 saturated heterocycles. The molecule has 0 bridgehead atoms. The fourth-order valence-electron chi connectivity index (χ4n) is 8.85. The molecule has 0 radical (unpaired) electrons. The summed E-state index contributed by atoms with van der Waals surface area (Å²) in [6.45, 7) is 4.90. The molecule has 8 aromatic carbocycles. The van der Waals surface area contributed by atoms with Gasteiger partial charge in [0.1, 0.15) is 0 Å². The van der Waals surface area contributed by atoms with E-state index < -0.39 is 5.60 Å². The summed E-state index contributed by atoms with van der Waals surface area (Å²) in [5.41, 5.74) is 21.6. The average molecular weight is 1020 g/mol. The quantitative estimate of drug-likeness (QED) is 0.162. The standard InChI is InChI=1S/C33H21Br.C20H12Br2.C4H9O.K/c34-22-19-17-21(18-20-22)31(32-27-13-5-1-9-23(27)24-10-2-6-14-28(24)32)33-29-15-7-3-11-25(29)26-12-4-8-16-30(26)33;21-14-11-9-13(10-12-14)20(22)19-17-7-3-1-5-15(17)16-6-2-4-8-18(16)19;1-4(2,3)5;/h1-20,32H;1-12H;1-3H3;/q;;-1;+1. The van der Waals surface area contributed by atoms with Gasteiger partial charge in [-0.25, -0.2) is 0 Å². The number of rotatable bonds is 3. The molecule has 0 aliphatic heterocycles. The molecule has 0 fully saturated rings. The van der Waals surface area contributed by atoms with E-state index in [1.807, 2.05) is 0 Å². The first-order valence-corrected chi connectivity index (χ1v) is 22.9. The van der Waals surface area contributed by atoms with Gasteiger partial charge in [0, 0.05) is 24.9 Å². The predicted octanol–water partition coefficient (Wildman–Crippen LogP) is 13.1. The topological polar surface area (TPSA) is 23.1 Å². The second kappa shape index (κ2) is 19.2. The summed E-state index contributed by atoms with van der Waals surface area (Å²) in [5, 5.41) is 10.1. The Hall–Kier alpha value is -3.72. The molecule has 11 rings (SSSR count). The molecule has 0 amide bonds. The maximum Gasteiger partial charge on any atom is 1.00 e. The van der Waals surface area contributed by atoms with Crippen molar-refractivity contribution in [2.75, 3.05) is 0 Å². The molecule has 298 valence electrons. The smallest absolute Gasteiger partial charge is 0.850 e. The summed E-state index contributed by atoms with van der Waals surface area (Å²) in [7, 11) is 0. The Kier molecular flexibility index (Phi) is 13.9. The van der Waals surface area contributed by atoms with Crippen molar-refractivity contribution in [1.82, 2.24) is 0 Å². The SMILES string of the molecule is BrC(=C1c2ccccc2-c2ccccc21)c1ccc(Br)cc1.Brc1ccc(C(=C2c3ccccc3-c3ccccc32)C2c3ccccc3-c3ccccc32)cc1.CC(C)(C)[O-].[K+]. The first-order valence-electron chi connectivity index (χ1n) is 20.5. The molecule has 3 aliphatic carbocycles. The Balaban J connectivity index is 0.000000163. The molecular weight excluding hydrogens is 979 g/mol. The van der Waals surface area contributed by atoms with Crippen molar-refractivity contribution >= 4 is 69.0 Å². The van der Waals surface area contributed by atoms with Crippen molar-refractivity contribution in [2.24, 2.45) is 0 Å². The molecule has 3 aliphatic rings. The fourth-order valence-corrected chi connectivity index (χ4v) is 10.1. The van der Waals surface area contributed by atoms with E-state index in [1.54, 1.807) is 20.8 Å². The molecule has 0 saturated carbocycles. The Bertz CT molecular complexity index is 2850. The van der Waals surface area contributed by atoms with Crippen LogP contribution in [0.2, 0.25) is 0 Å². The van der Waals surface area contributed by atoms with Gasteiger partial charge in [-0.15, -0.1) is 5.60 Å². The monoisotopic (exact) mass is 1020 g/mol. The van der Waals surface area contributed by atoms with Gasteiger partial charge in [-0.3, -0.25) is 0 Å². The minimum absolute atomic E-state index is 0. The van der Waals surface area contributed by atoms with Gasteiger partial charge in [0.05, 0.1) is 0 Å². The molecule has 1 nitrogen and oxygen atoms in total. The Labute approximate surface area is 433 Å². The number of allylic oxidation sites excluding steroid dienone is 1. The van der Waals surface area contributed by atoms with Gasteiger partial charge in [0.2, 0.25) is 0 Å². The third-order valence-corrected chi connectivity index (χ3v) is 13.1. The van der Waals surface area contributed by atoms with Crippen molar-refractivity contribution < 1.29 is 56.5 Å². The summed E-state index contributed by atoms with van der Waals surface area (Å²) >= 11 is 11.0. The minimum Gasteiger partial charge on any atom is -0.850 e. The number of halogens is 3. The van der Waals surface area contributed by atoms with Gasteiger partial charge >= 0.3 is 51.4 Å². The second-order valence-electron chi connectivity index (χ2n) is 16.4. The van der Waals surface area contributed by atoms with Crippen molar-refractivity contribution in [1.29, 1.82) is 0 Å². The van der Waals surface area contributed by atoms with Crippen LogP contribution in [0, 0.1) is 0 Å². The maximum absolute atomic E-state index is 10.1. The normalized spacial score (nSPS) is 12.5. The zero-order valence-electron chi connectivity index (χ0n) is 35.1. The molecule has 8 aromatic rings. The Morgan fingerprint density at radius 1 is 0.387 bits per heavy atom. The molecule has 0 aromatic heterocycles. The first kappa shape index (κ1) is 44.9. The number of hydrogen-bond acceptors (Lipinski definition) is 1. The van der Waals surface area contributed by atoms with Gasteiger partial charge in [0.25, 0.3) is 0 Å². The van der Waals surface area contributed by atoms with Crippen LogP contribution < -0.4 is 56.5 Å². The van der Waals surface area contributed by atoms with Crippen molar-refractivity contribution in [3.05, 3.63) is 248 Å². The van der Waals surface area contributed by atoms with Crippen LogP contribution in [0.3, 0.4) is 0 Å². The molecule has 0 spiro atoms. The van der Waals surface area contributed by atoms with Gasteiger partial charge in [-0.1, -0.05) is 222 Å². The van der Waals surface area contributed by atoms with E-state index in [-0.39, 0.29) is 57.3 Å². The maximum atomic E-state index is 10.1. The number of benzene rings is 8. The van der Waals surface area contributed by atoms with Crippen LogP contribution in [-0.4, -0.2) is 5.60 Å². The second-order valence-corrected chi connectivity index (χ2v) is 19.0. The van der Waals surface area contributed by atoms with Gasteiger partial charge < -0.3 is 5.11 Å². The zero-order chi connectivity index (χ0) is 42.3. The summed E-state index contributed by atoms with van der Waals surface area (Å²) in [5.74, 6) is 0.169. The molecule has 62 heavy (non-hydrogen) atoms. The molecule has 0 atom stereocenters. The van der Waals surface area contributed by atoms with Gasteiger partial charge in [0.15, 0.2) is 0 Å². The third kappa shape index (κ3) is 8.99. The van der Waals surface area contributed by atoms with Crippen molar-refractivity contribution in [3.8, 4) is 33.4 Å². The van der Waals surface area contributed by atoms with E-state index in [0.717, 1.165) is 13.4 Å². The van der Waals surface area contributed by atoms with Crippen LogP contribution in [0.4, 0.5) is 0 Å². The third-order valence-electron chi connectivity index (χ3n) is 11.2. The number of hydrogen-bond donors (Lipinski definition) is 0. The van der Waals surface area contributed by atoms with Crippen LogP contribution in [-0.2, 0) is 0 Å². The van der Waals surface area contributed by atoms with E-state index in [1.165, 1.54) is 94.6 Å². The van der Waals surface area contributed by atoms with Crippen LogP contribution in [0.1, 0.15) is 71.2 Å². The summed E-state index contributed by atoms with van der Waals surface area (Å²) in [4.78, 5) is 0. The minimum atomic E-state index is -0.750. The summed E-state index contributed by atoms with van der Waals surface area (Å²) < 4.78 is 3.33. The molecule has 0 unspecified atom stereocenters. The van der Waals surface area contributed by atoms with E-state index >= 15 is 0 Å². The van der Waals surface area contributed by atoms with E-state index in [0.29, 0.717) is 0 Å². The van der Waals surface area contributed by atoms with Crippen LogP contribution >= 0.6 is 47.8 Å². The predicted molar refractivity (Wildman–Crippen MR) is 266 cm³/mol.